The van der Waals surface area contributed by atoms with Crippen LogP contribution in [0.25, 0.3) is 0 Å². The maximum Gasteiger partial charge on any atom is 0.191 e. The van der Waals surface area contributed by atoms with Gasteiger partial charge in [0.25, 0.3) is 0 Å². The number of benzene rings is 1. The lowest BCUT2D eigenvalue weighted by atomic mass is 10.1. The Morgan fingerprint density at radius 3 is 2.88 bits per heavy atom. The van der Waals surface area contributed by atoms with Gasteiger partial charge in [0.15, 0.2) is 5.96 Å². The molecule has 1 heterocycles. The third-order valence-corrected chi connectivity index (χ3v) is 4.95. The van der Waals surface area contributed by atoms with Gasteiger partial charge in [-0.15, -0.1) is 0 Å². The zero-order valence-electron chi connectivity index (χ0n) is 15.1. The first-order valence-corrected chi connectivity index (χ1v) is 10.6. The Hall–Kier alpha value is -1.36. The van der Waals surface area contributed by atoms with Crippen LogP contribution in [-0.4, -0.2) is 50.2 Å². The molecule has 2 rings (SSSR count). The third kappa shape index (κ3) is 6.63. The summed E-state index contributed by atoms with van der Waals surface area (Å²) in [7, 11) is 0. The van der Waals surface area contributed by atoms with Crippen molar-refractivity contribution in [2.24, 2.45) is 4.99 Å². The van der Waals surface area contributed by atoms with E-state index in [1.165, 1.54) is 30.7 Å². The van der Waals surface area contributed by atoms with Crippen LogP contribution < -0.4 is 15.5 Å². The summed E-state index contributed by atoms with van der Waals surface area (Å²) in [4.78, 5) is 7.22. The molecule has 1 saturated heterocycles. The van der Waals surface area contributed by atoms with Crippen LogP contribution in [0.15, 0.2) is 35.3 Å². The van der Waals surface area contributed by atoms with Crippen molar-refractivity contribution in [3.8, 4) is 0 Å². The summed E-state index contributed by atoms with van der Waals surface area (Å²) < 4.78 is 0. The maximum atomic E-state index is 4.74. The van der Waals surface area contributed by atoms with Gasteiger partial charge < -0.3 is 15.5 Å². The number of rotatable bonds is 8. The van der Waals surface area contributed by atoms with Crippen LogP contribution in [0.1, 0.15) is 32.6 Å². The predicted octanol–water partition coefficient (Wildman–Crippen LogP) is 3.35. The number of thioether (sulfide) groups is 1. The number of nitrogens with one attached hydrogen (secondary N) is 2. The number of guanidine groups is 1. The van der Waals surface area contributed by atoms with Crippen molar-refractivity contribution in [2.45, 2.75) is 38.6 Å². The quantitative estimate of drug-likeness (QED) is 0.429. The fourth-order valence-electron chi connectivity index (χ4n) is 3.03. The highest BCUT2D eigenvalue weighted by atomic mass is 32.2. The van der Waals surface area contributed by atoms with Gasteiger partial charge in [0, 0.05) is 37.9 Å². The molecule has 134 valence electrons. The van der Waals surface area contributed by atoms with Crippen molar-refractivity contribution in [3.63, 3.8) is 0 Å². The highest BCUT2D eigenvalue weighted by Crippen LogP contribution is 2.19. The molecule has 0 bridgehead atoms. The summed E-state index contributed by atoms with van der Waals surface area (Å²) in [6.07, 6.45) is 7.00. The van der Waals surface area contributed by atoms with Crippen LogP contribution >= 0.6 is 11.8 Å². The van der Waals surface area contributed by atoms with Crippen molar-refractivity contribution in [2.75, 3.05) is 43.1 Å². The Kier molecular flexibility index (Phi) is 8.88. The molecule has 1 atom stereocenters. The van der Waals surface area contributed by atoms with Gasteiger partial charge in [0.05, 0.1) is 0 Å². The lowest BCUT2D eigenvalue weighted by molar-refractivity contribution is 0.468. The Bertz CT molecular complexity index is 478. The molecule has 5 heteroatoms. The summed E-state index contributed by atoms with van der Waals surface area (Å²) in [5.41, 5.74) is 1.32. The van der Waals surface area contributed by atoms with Crippen LogP contribution in [0, 0.1) is 0 Å². The molecule has 0 aliphatic carbocycles. The van der Waals surface area contributed by atoms with Crippen molar-refractivity contribution < 1.29 is 0 Å². The number of hydrogen-bond donors (Lipinski definition) is 2. The first-order valence-electron chi connectivity index (χ1n) is 9.17. The molecule has 4 nitrogen and oxygen atoms in total. The van der Waals surface area contributed by atoms with E-state index in [-0.39, 0.29) is 0 Å². The molecule has 24 heavy (non-hydrogen) atoms. The smallest absolute Gasteiger partial charge is 0.191 e. The van der Waals surface area contributed by atoms with Crippen LogP contribution in [0.4, 0.5) is 5.69 Å². The maximum absolute atomic E-state index is 4.74. The Morgan fingerprint density at radius 2 is 2.12 bits per heavy atom. The molecule has 0 amide bonds. The van der Waals surface area contributed by atoms with Crippen LogP contribution in [0.2, 0.25) is 0 Å². The lowest BCUT2D eigenvalue weighted by Crippen LogP contribution is -2.51. The standard InChI is InChI=1S/C19H32N4S/c1-3-20-19(21-13-7-8-15-24-2)22-17-10-9-14-23(16-17)18-11-5-4-6-12-18/h4-6,11-12,17H,3,7-10,13-16H2,1-2H3,(H2,20,21,22). The van der Waals surface area contributed by atoms with Crippen molar-refractivity contribution in [1.29, 1.82) is 0 Å². The Labute approximate surface area is 151 Å². The molecule has 0 aromatic heterocycles. The van der Waals surface area contributed by atoms with E-state index in [4.69, 9.17) is 4.99 Å². The molecule has 1 aromatic rings. The van der Waals surface area contributed by atoms with E-state index in [1.54, 1.807) is 0 Å². The van der Waals surface area contributed by atoms with Gasteiger partial charge >= 0.3 is 0 Å². The average Bonchev–Trinajstić information content (AvgIpc) is 2.63. The summed E-state index contributed by atoms with van der Waals surface area (Å²) in [5.74, 6) is 2.20. The number of aliphatic imine (C=N–C) groups is 1. The van der Waals surface area contributed by atoms with E-state index >= 15 is 0 Å². The monoisotopic (exact) mass is 348 g/mol. The van der Waals surface area contributed by atoms with E-state index in [2.05, 4.69) is 59.0 Å². The third-order valence-electron chi connectivity index (χ3n) is 4.25. The molecular weight excluding hydrogens is 316 g/mol. The van der Waals surface area contributed by atoms with E-state index in [9.17, 15) is 0 Å². The summed E-state index contributed by atoms with van der Waals surface area (Å²) in [5, 5.41) is 7.03. The minimum absolute atomic E-state index is 0.461. The molecule has 1 unspecified atom stereocenters. The van der Waals surface area contributed by atoms with Crippen molar-refractivity contribution in [3.05, 3.63) is 30.3 Å². The molecule has 1 fully saturated rings. The molecule has 2 N–H and O–H groups in total. The van der Waals surface area contributed by atoms with Crippen LogP contribution in [-0.2, 0) is 0 Å². The number of nitrogens with zero attached hydrogens (tertiary/aromatic N) is 2. The summed E-state index contributed by atoms with van der Waals surface area (Å²) in [6, 6.07) is 11.2. The second kappa shape index (κ2) is 11.2. The summed E-state index contributed by atoms with van der Waals surface area (Å²) in [6.45, 7) is 6.13. The SMILES string of the molecule is CCNC(=NCCCCSC)NC1CCCN(c2ccccc2)C1. The van der Waals surface area contributed by atoms with E-state index < -0.39 is 0 Å². The zero-order chi connectivity index (χ0) is 17.0. The average molecular weight is 349 g/mol. The topological polar surface area (TPSA) is 39.7 Å². The Balaban J connectivity index is 1.85. The Morgan fingerprint density at radius 1 is 1.29 bits per heavy atom. The van der Waals surface area contributed by atoms with Gasteiger partial charge in [-0.05, 0) is 56.7 Å². The second-order valence-corrected chi connectivity index (χ2v) is 7.21. The number of para-hydroxylation sites is 1. The molecule has 0 radical (unpaired) electrons. The van der Waals surface area contributed by atoms with Gasteiger partial charge in [-0.3, -0.25) is 4.99 Å². The highest BCUT2D eigenvalue weighted by Gasteiger charge is 2.20. The highest BCUT2D eigenvalue weighted by molar-refractivity contribution is 7.98. The molecule has 1 aliphatic rings. The molecule has 1 aliphatic heterocycles. The van der Waals surface area contributed by atoms with Crippen LogP contribution in [0.5, 0.6) is 0 Å². The van der Waals surface area contributed by atoms with Gasteiger partial charge in [0.1, 0.15) is 0 Å². The number of unbranched alkanes of at least 4 members (excludes halogenated alkanes) is 1. The largest absolute Gasteiger partial charge is 0.369 e. The van der Waals surface area contributed by atoms with E-state index in [0.717, 1.165) is 38.6 Å². The zero-order valence-corrected chi connectivity index (χ0v) is 15.9. The predicted molar refractivity (Wildman–Crippen MR) is 108 cm³/mol. The first-order chi connectivity index (χ1) is 11.8. The van der Waals surface area contributed by atoms with Crippen molar-refractivity contribution in [1.82, 2.24) is 10.6 Å². The van der Waals surface area contributed by atoms with Gasteiger partial charge in [-0.1, -0.05) is 18.2 Å². The number of piperidine rings is 1. The number of hydrogen-bond acceptors (Lipinski definition) is 3. The lowest BCUT2D eigenvalue weighted by Gasteiger charge is -2.35. The molecule has 0 saturated carbocycles. The minimum Gasteiger partial charge on any atom is -0.369 e. The van der Waals surface area contributed by atoms with Gasteiger partial charge in [-0.25, -0.2) is 0 Å². The normalized spacial score (nSPS) is 18.5. The fourth-order valence-corrected chi connectivity index (χ4v) is 3.52. The van der Waals surface area contributed by atoms with Crippen molar-refractivity contribution >= 4 is 23.4 Å². The molecular formula is C19H32N4S. The van der Waals surface area contributed by atoms with E-state index in [1.807, 2.05) is 11.8 Å². The minimum atomic E-state index is 0.461. The fraction of sp³-hybridized carbons (Fsp3) is 0.632. The first kappa shape index (κ1) is 19.0. The molecule has 1 aromatic carbocycles. The van der Waals surface area contributed by atoms with E-state index in [0.29, 0.717) is 6.04 Å². The van der Waals surface area contributed by atoms with Crippen LogP contribution in [0.3, 0.4) is 0 Å². The van der Waals surface area contributed by atoms with Gasteiger partial charge in [0.2, 0.25) is 0 Å². The number of anilines is 1. The van der Waals surface area contributed by atoms with Gasteiger partial charge in [-0.2, -0.15) is 11.8 Å². The second-order valence-electron chi connectivity index (χ2n) is 6.23. The molecule has 0 spiro atoms. The summed E-state index contributed by atoms with van der Waals surface area (Å²) >= 11 is 1.91.